The van der Waals surface area contributed by atoms with Crippen LogP contribution >= 0.6 is 0 Å². The number of nitrogens with one attached hydrogen (secondary N) is 2. The normalized spacial score (nSPS) is 18.3. The van der Waals surface area contributed by atoms with Crippen molar-refractivity contribution in [1.82, 2.24) is 9.62 Å². The molecule has 1 aliphatic heterocycles. The molecule has 2 N–H and O–H groups in total. The van der Waals surface area contributed by atoms with Crippen molar-refractivity contribution >= 4 is 15.9 Å². The molecule has 1 aromatic carbocycles. The van der Waals surface area contributed by atoms with Crippen LogP contribution < -0.4 is 10.2 Å². The van der Waals surface area contributed by atoms with Gasteiger partial charge in [0, 0.05) is 12.6 Å². The zero-order valence-electron chi connectivity index (χ0n) is 13.7. The molecule has 1 fully saturated rings. The predicted molar refractivity (Wildman–Crippen MR) is 84.0 cm³/mol. The Kier molecular flexibility index (Phi) is 5.89. The van der Waals surface area contributed by atoms with E-state index in [0.717, 1.165) is 17.0 Å². The van der Waals surface area contributed by atoms with Crippen LogP contribution in [0.3, 0.4) is 0 Å². The molecule has 9 heteroatoms. The number of hydrogen-bond donors (Lipinski definition) is 2. The minimum Gasteiger partial charge on any atom is -0.351 e. The van der Waals surface area contributed by atoms with E-state index in [0.29, 0.717) is 25.7 Å². The van der Waals surface area contributed by atoms with Gasteiger partial charge in [0.25, 0.3) is 5.91 Å². The molecule has 0 aromatic heterocycles. The summed E-state index contributed by atoms with van der Waals surface area (Å²) in [5, 5.41) is 2.75. The third kappa shape index (κ3) is 3.90. The Hall–Kier alpha value is -1.58. The van der Waals surface area contributed by atoms with E-state index >= 15 is 0 Å². The molecule has 1 heterocycles. The predicted octanol–water partition coefficient (Wildman–Crippen LogP) is -0.621. The molecule has 0 aliphatic carbocycles. The molecule has 0 saturated carbocycles. The molecule has 134 valence electrons. The van der Waals surface area contributed by atoms with Crippen molar-refractivity contribution in [2.75, 3.05) is 32.7 Å². The van der Waals surface area contributed by atoms with E-state index in [1.54, 1.807) is 6.92 Å². The van der Waals surface area contributed by atoms with E-state index in [2.05, 4.69) is 5.32 Å². The monoisotopic (exact) mass is 362 g/mol. The van der Waals surface area contributed by atoms with Crippen molar-refractivity contribution in [2.24, 2.45) is 0 Å². The number of piperazine rings is 1. The summed E-state index contributed by atoms with van der Waals surface area (Å²) >= 11 is 0. The Labute approximate surface area is 140 Å². The van der Waals surface area contributed by atoms with Gasteiger partial charge in [-0.3, -0.25) is 4.79 Å². The highest BCUT2D eigenvalue weighted by Gasteiger charge is 2.35. The van der Waals surface area contributed by atoms with E-state index in [1.807, 2.05) is 6.92 Å². The fourth-order valence-electron chi connectivity index (χ4n) is 2.78. The fourth-order valence-corrected chi connectivity index (χ4v) is 4.27. The van der Waals surface area contributed by atoms with Gasteiger partial charge in [-0.2, -0.15) is 4.31 Å². The summed E-state index contributed by atoms with van der Waals surface area (Å²) in [6.45, 7) is 5.42. The van der Waals surface area contributed by atoms with Crippen molar-refractivity contribution in [3.63, 3.8) is 0 Å². The molecule has 0 bridgehead atoms. The van der Waals surface area contributed by atoms with Crippen molar-refractivity contribution in [3.8, 4) is 0 Å². The summed E-state index contributed by atoms with van der Waals surface area (Å²) in [6, 6.07) is 2.15. The Balaban J connectivity index is 2.07. The molecule has 0 spiro atoms. The first-order chi connectivity index (χ1) is 11.3. The van der Waals surface area contributed by atoms with E-state index in [4.69, 9.17) is 0 Å². The lowest BCUT2D eigenvalue weighted by molar-refractivity contribution is -0.917. The SMILES string of the molecule is CCNC(=O)[C@H](C)[NH+]1CCN(S(=O)(=O)c2ccc(F)cc2F)CC1. The van der Waals surface area contributed by atoms with Gasteiger partial charge < -0.3 is 10.2 Å². The maximum atomic E-state index is 13.8. The van der Waals surface area contributed by atoms with Gasteiger partial charge >= 0.3 is 0 Å². The molecule has 2 rings (SSSR count). The van der Waals surface area contributed by atoms with Gasteiger partial charge in [-0.05, 0) is 26.0 Å². The van der Waals surface area contributed by atoms with Gasteiger partial charge in [0.1, 0.15) is 16.5 Å². The molecular weight excluding hydrogens is 340 g/mol. The van der Waals surface area contributed by atoms with Gasteiger partial charge in [0.2, 0.25) is 10.0 Å². The Morgan fingerprint density at radius 2 is 1.96 bits per heavy atom. The average molecular weight is 362 g/mol. The first-order valence-electron chi connectivity index (χ1n) is 7.85. The Morgan fingerprint density at radius 1 is 1.33 bits per heavy atom. The van der Waals surface area contributed by atoms with Crippen molar-refractivity contribution in [2.45, 2.75) is 24.8 Å². The van der Waals surface area contributed by atoms with E-state index in [1.165, 1.54) is 4.31 Å². The first kappa shape index (κ1) is 18.8. The maximum absolute atomic E-state index is 13.8. The van der Waals surface area contributed by atoms with Crippen LogP contribution in [0, 0.1) is 11.6 Å². The highest BCUT2D eigenvalue weighted by molar-refractivity contribution is 7.89. The van der Waals surface area contributed by atoms with E-state index in [9.17, 15) is 22.0 Å². The van der Waals surface area contributed by atoms with E-state index in [-0.39, 0.29) is 25.0 Å². The number of nitrogens with zero attached hydrogens (tertiary/aromatic N) is 1. The van der Waals surface area contributed by atoms with Gasteiger partial charge in [0.15, 0.2) is 6.04 Å². The van der Waals surface area contributed by atoms with Crippen molar-refractivity contribution < 1.29 is 26.9 Å². The second kappa shape index (κ2) is 7.54. The van der Waals surface area contributed by atoms with Gasteiger partial charge in [-0.25, -0.2) is 17.2 Å². The third-order valence-corrected chi connectivity index (χ3v) is 6.16. The van der Waals surface area contributed by atoms with Crippen LogP contribution in [0.5, 0.6) is 0 Å². The largest absolute Gasteiger partial charge is 0.351 e. The molecule has 1 saturated heterocycles. The smallest absolute Gasteiger partial charge is 0.278 e. The molecule has 1 atom stereocenters. The molecule has 6 nitrogen and oxygen atoms in total. The summed E-state index contributed by atoms with van der Waals surface area (Å²) in [5.74, 6) is -2.00. The van der Waals surface area contributed by atoms with Crippen LogP contribution in [0.2, 0.25) is 0 Å². The molecule has 1 aromatic rings. The van der Waals surface area contributed by atoms with Crippen LogP contribution in [-0.2, 0) is 14.8 Å². The minimum absolute atomic E-state index is 0.0756. The highest BCUT2D eigenvalue weighted by Crippen LogP contribution is 2.20. The summed E-state index contributed by atoms with van der Waals surface area (Å²) in [5.41, 5.74) is 0. The number of sulfonamides is 1. The lowest BCUT2D eigenvalue weighted by Crippen LogP contribution is -3.19. The van der Waals surface area contributed by atoms with Gasteiger partial charge in [-0.1, -0.05) is 0 Å². The first-order valence-corrected chi connectivity index (χ1v) is 9.29. The van der Waals surface area contributed by atoms with Gasteiger partial charge in [-0.15, -0.1) is 0 Å². The number of halogens is 2. The summed E-state index contributed by atoms with van der Waals surface area (Å²) in [6.07, 6.45) is 0. The zero-order valence-corrected chi connectivity index (χ0v) is 14.5. The van der Waals surface area contributed by atoms with Crippen LogP contribution in [-0.4, -0.2) is 57.4 Å². The molecule has 0 radical (unpaired) electrons. The van der Waals surface area contributed by atoms with Crippen LogP contribution in [0.4, 0.5) is 8.78 Å². The number of carbonyl (C=O) groups is 1. The number of benzene rings is 1. The lowest BCUT2D eigenvalue weighted by atomic mass is 10.2. The molecule has 0 unspecified atom stereocenters. The van der Waals surface area contributed by atoms with Crippen LogP contribution in [0.15, 0.2) is 23.1 Å². The number of rotatable bonds is 5. The number of carbonyl (C=O) groups excluding carboxylic acids is 1. The number of quaternary nitrogens is 1. The fraction of sp³-hybridized carbons (Fsp3) is 0.533. The summed E-state index contributed by atoms with van der Waals surface area (Å²) < 4.78 is 53.0. The van der Waals surface area contributed by atoms with Crippen LogP contribution in [0.1, 0.15) is 13.8 Å². The van der Waals surface area contributed by atoms with Crippen molar-refractivity contribution in [1.29, 1.82) is 0 Å². The molecule has 1 amide bonds. The Bertz CT molecular complexity index is 704. The van der Waals surface area contributed by atoms with Crippen LogP contribution in [0.25, 0.3) is 0 Å². The Morgan fingerprint density at radius 3 is 2.50 bits per heavy atom. The van der Waals surface area contributed by atoms with E-state index < -0.39 is 26.6 Å². The molecular formula is C15H22F2N3O3S+. The van der Waals surface area contributed by atoms with Gasteiger partial charge in [0.05, 0.1) is 26.2 Å². The topological polar surface area (TPSA) is 70.9 Å². The summed E-state index contributed by atoms with van der Waals surface area (Å²) in [7, 11) is -4.01. The minimum atomic E-state index is -4.01. The quantitative estimate of drug-likeness (QED) is 0.733. The second-order valence-electron chi connectivity index (χ2n) is 5.75. The standard InChI is InChI=1S/C15H21F2N3O3S/c1-3-18-15(21)11(2)19-6-8-20(9-7-19)24(22,23)14-5-4-12(16)10-13(14)17/h4-5,10-11H,3,6-9H2,1-2H3,(H,18,21)/p+1/t11-/m0/s1. The number of amides is 1. The molecule has 1 aliphatic rings. The average Bonchev–Trinajstić information content (AvgIpc) is 2.54. The molecule has 24 heavy (non-hydrogen) atoms. The van der Waals surface area contributed by atoms with Crippen molar-refractivity contribution in [3.05, 3.63) is 29.8 Å². The second-order valence-corrected chi connectivity index (χ2v) is 7.66. The number of likely N-dealkylation sites (N-methyl/N-ethyl adjacent to an activating group) is 1. The maximum Gasteiger partial charge on any atom is 0.278 e. The summed E-state index contributed by atoms with van der Waals surface area (Å²) in [4.78, 5) is 12.3. The lowest BCUT2D eigenvalue weighted by Gasteiger charge is -2.34. The third-order valence-electron chi connectivity index (χ3n) is 4.23. The highest BCUT2D eigenvalue weighted by atomic mass is 32.2. The number of hydrogen-bond acceptors (Lipinski definition) is 3. The zero-order chi connectivity index (χ0) is 17.9.